The summed E-state index contributed by atoms with van der Waals surface area (Å²) in [4.78, 5) is 26.6. The Morgan fingerprint density at radius 1 is 1.10 bits per heavy atom. The van der Waals surface area contributed by atoms with Crippen LogP contribution in [0.3, 0.4) is 0 Å². The fourth-order valence-corrected chi connectivity index (χ4v) is 6.51. The van der Waals surface area contributed by atoms with Gasteiger partial charge in [-0.15, -0.1) is 11.3 Å². The fraction of sp³-hybridized carbons (Fsp3) is 0.400. The number of aromatic nitrogens is 4. The summed E-state index contributed by atoms with van der Waals surface area (Å²) in [5.41, 5.74) is 1.16. The average Bonchev–Trinajstić information content (AvgIpc) is 3.53. The normalized spacial score (nSPS) is 20.8. The number of anilines is 1. The molecule has 0 N–H and O–H groups in total. The number of amides is 1. The Kier molecular flexibility index (Phi) is 5.22. The van der Waals surface area contributed by atoms with E-state index in [4.69, 9.17) is 0 Å². The Hall–Kier alpha value is -2.79. The van der Waals surface area contributed by atoms with Crippen molar-refractivity contribution in [2.45, 2.75) is 12.5 Å². The van der Waals surface area contributed by atoms with E-state index in [-0.39, 0.29) is 23.5 Å². The first-order valence-electron chi connectivity index (χ1n) is 10.2. The van der Waals surface area contributed by atoms with Gasteiger partial charge in [-0.1, -0.05) is 6.07 Å². The third kappa shape index (κ3) is 4.07. The lowest BCUT2D eigenvalue weighted by Gasteiger charge is -2.34. The van der Waals surface area contributed by atoms with Gasteiger partial charge in [0.15, 0.2) is 15.5 Å². The van der Waals surface area contributed by atoms with Gasteiger partial charge in [-0.2, -0.15) is 5.10 Å². The number of hydrogen-bond acceptors (Lipinski definition) is 8. The molecular formula is C20H22N6O3S2. The van der Waals surface area contributed by atoms with Crippen molar-refractivity contribution in [2.75, 3.05) is 42.6 Å². The largest absolute Gasteiger partial charge is 0.337 e. The van der Waals surface area contributed by atoms with Crippen molar-refractivity contribution in [3.05, 3.63) is 47.7 Å². The summed E-state index contributed by atoms with van der Waals surface area (Å²) >= 11 is 1.55. The van der Waals surface area contributed by atoms with Gasteiger partial charge in [0, 0.05) is 38.6 Å². The molecule has 162 valence electrons. The van der Waals surface area contributed by atoms with Crippen LogP contribution in [0.25, 0.3) is 10.6 Å². The van der Waals surface area contributed by atoms with Gasteiger partial charge >= 0.3 is 0 Å². The molecule has 1 atom stereocenters. The minimum Gasteiger partial charge on any atom is -0.337 e. The second-order valence-electron chi connectivity index (χ2n) is 7.72. The molecule has 2 saturated heterocycles. The zero-order valence-electron chi connectivity index (χ0n) is 16.8. The Labute approximate surface area is 184 Å². The SMILES string of the molecule is O=C(c1cc(-c2cccs2)n([C@H]2CCS(=O)(=O)C2)n1)N1CCN(c2ncccn2)CC1. The van der Waals surface area contributed by atoms with Gasteiger partial charge in [0.1, 0.15) is 0 Å². The van der Waals surface area contributed by atoms with Gasteiger partial charge in [-0.05, 0) is 30.0 Å². The molecule has 1 amide bonds. The molecule has 2 fully saturated rings. The van der Waals surface area contributed by atoms with Crippen molar-refractivity contribution in [3.63, 3.8) is 0 Å². The average molecular weight is 459 g/mol. The summed E-state index contributed by atoms with van der Waals surface area (Å²) in [5.74, 6) is 0.761. The summed E-state index contributed by atoms with van der Waals surface area (Å²) in [5, 5.41) is 6.56. The van der Waals surface area contributed by atoms with Crippen LogP contribution >= 0.6 is 11.3 Å². The molecule has 0 aliphatic carbocycles. The standard InChI is InChI=1S/C20H22N6O3S2/c27-19(24-7-9-25(10-8-24)20-21-5-2-6-22-20)16-13-17(18-3-1-11-30-18)26(23-16)15-4-12-31(28,29)14-15/h1-3,5-6,11,13,15H,4,7-10,12,14H2/t15-/m0/s1. The number of nitrogens with zero attached hydrogens (tertiary/aromatic N) is 6. The maximum Gasteiger partial charge on any atom is 0.274 e. The summed E-state index contributed by atoms with van der Waals surface area (Å²) < 4.78 is 25.8. The molecule has 0 aromatic carbocycles. The quantitative estimate of drug-likeness (QED) is 0.587. The lowest BCUT2D eigenvalue weighted by molar-refractivity contribution is 0.0739. The third-order valence-electron chi connectivity index (χ3n) is 5.68. The van der Waals surface area contributed by atoms with Crippen molar-refractivity contribution in [3.8, 4) is 10.6 Å². The van der Waals surface area contributed by atoms with Crippen LogP contribution in [0.5, 0.6) is 0 Å². The molecule has 5 heterocycles. The summed E-state index contributed by atoms with van der Waals surface area (Å²) in [6.07, 6.45) is 3.94. The van der Waals surface area contributed by atoms with E-state index in [9.17, 15) is 13.2 Å². The third-order valence-corrected chi connectivity index (χ3v) is 8.33. The van der Waals surface area contributed by atoms with Gasteiger partial charge < -0.3 is 9.80 Å². The number of carbonyl (C=O) groups excluding carboxylic acids is 1. The first kappa shape index (κ1) is 20.1. The Morgan fingerprint density at radius 2 is 1.87 bits per heavy atom. The van der Waals surface area contributed by atoms with Crippen molar-refractivity contribution < 1.29 is 13.2 Å². The molecular weight excluding hydrogens is 436 g/mol. The molecule has 5 rings (SSSR count). The van der Waals surface area contributed by atoms with Crippen LogP contribution in [0.2, 0.25) is 0 Å². The number of rotatable bonds is 4. The Bertz CT molecular complexity index is 1170. The van der Waals surface area contributed by atoms with E-state index in [2.05, 4.69) is 20.0 Å². The van der Waals surface area contributed by atoms with Crippen LogP contribution in [0.1, 0.15) is 23.0 Å². The van der Waals surface area contributed by atoms with Gasteiger partial charge in [0.2, 0.25) is 5.95 Å². The highest BCUT2D eigenvalue weighted by atomic mass is 32.2. The molecule has 2 aliphatic heterocycles. The summed E-state index contributed by atoms with van der Waals surface area (Å²) in [6.45, 7) is 2.40. The predicted octanol–water partition coefficient (Wildman–Crippen LogP) is 1.72. The lowest BCUT2D eigenvalue weighted by Crippen LogP contribution is -2.49. The highest BCUT2D eigenvalue weighted by Gasteiger charge is 2.33. The highest BCUT2D eigenvalue weighted by molar-refractivity contribution is 7.91. The highest BCUT2D eigenvalue weighted by Crippen LogP contribution is 2.32. The van der Waals surface area contributed by atoms with E-state index in [0.717, 1.165) is 10.6 Å². The monoisotopic (exact) mass is 458 g/mol. The Morgan fingerprint density at radius 3 is 2.52 bits per heavy atom. The number of piperazine rings is 1. The summed E-state index contributed by atoms with van der Waals surface area (Å²) in [6, 6.07) is 7.24. The van der Waals surface area contributed by atoms with Crippen molar-refractivity contribution in [1.82, 2.24) is 24.6 Å². The van der Waals surface area contributed by atoms with Crippen molar-refractivity contribution in [2.24, 2.45) is 0 Å². The fourth-order valence-electron chi connectivity index (χ4n) is 4.08. The maximum absolute atomic E-state index is 13.2. The van der Waals surface area contributed by atoms with E-state index in [1.807, 2.05) is 17.5 Å². The maximum atomic E-state index is 13.2. The minimum absolute atomic E-state index is 0.0659. The molecule has 11 heteroatoms. The minimum atomic E-state index is -3.06. The lowest BCUT2D eigenvalue weighted by atomic mass is 10.2. The molecule has 0 spiro atoms. The Balaban J connectivity index is 1.37. The van der Waals surface area contributed by atoms with Crippen LogP contribution in [0, 0.1) is 0 Å². The second kappa shape index (κ2) is 8.04. The molecule has 0 bridgehead atoms. The number of carbonyl (C=O) groups is 1. The van der Waals surface area contributed by atoms with E-state index in [0.29, 0.717) is 44.2 Å². The molecule has 3 aromatic rings. The smallest absolute Gasteiger partial charge is 0.274 e. The first-order chi connectivity index (χ1) is 15.0. The first-order valence-corrected chi connectivity index (χ1v) is 12.9. The van der Waals surface area contributed by atoms with Crippen LogP contribution < -0.4 is 4.90 Å². The molecule has 31 heavy (non-hydrogen) atoms. The van der Waals surface area contributed by atoms with E-state index in [1.54, 1.807) is 45.4 Å². The van der Waals surface area contributed by atoms with Crippen molar-refractivity contribution >= 4 is 33.0 Å². The van der Waals surface area contributed by atoms with E-state index in [1.165, 1.54) is 0 Å². The van der Waals surface area contributed by atoms with E-state index >= 15 is 0 Å². The van der Waals surface area contributed by atoms with Crippen LogP contribution in [-0.2, 0) is 9.84 Å². The second-order valence-corrected chi connectivity index (χ2v) is 10.9. The number of sulfone groups is 1. The topological polar surface area (TPSA) is 101 Å². The molecule has 0 saturated carbocycles. The number of thiophene rings is 1. The zero-order valence-corrected chi connectivity index (χ0v) is 18.4. The molecule has 9 nitrogen and oxygen atoms in total. The van der Waals surface area contributed by atoms with Crippen LogP contribution in [0.4, 0.5) is 5.95 Å². The van der Waals surface area contributed by atoms with Gasteiger partial charge in [0.05, 0.1) is 28.1 Å². The molecule has 0 unspecified atom stereocenters. The summed E-state index contributed by atoms with van der Waals surface area (Å²) in [7, 11) is -3.06. The van der Waals surface area contributed by atoms with Crippen molar-refractivity contribution in [1.29, 1.82) is 0 Å². The zero-order chi connectivity index (χ0) is 21.4. The molecule has 3 aromatic heterocycles. The van der Waals surface area contributed by atoms with Gasteiger partial charge in [0.25, 0.3) is 5.91 Å². The number of hydrogen-bond donors (Lipinski definition) is 0. The molecule has 0 radical (unpaired) electrons. The van der Waals surface area contributed by atoms with E-state index < -0.39 is 9.84 Å². The predicted molar refractivity (Wildman–Crippen MR) is 118 cm³/mol. The van der Waals surface area contributed by atoms with Crippen LogP contribution in [-0.4, -0.2) is 76.7 Å². The van der Waals surface area contributed by atoms with Gasteiger partial charge in [-0.3, -0.25) is 9.48 Å². The van der Waals surface area contributed by atoms with Crippen LogP contribution in [0.15, 0.2) is 42.0 Å². The van der Waals surface area contributed by atoms with Gasteiger partial charge in [-0.25, -0.2) is 18.4 Å². The molecule has 2 aliphatic rings.